The highest BCUT2D eigenvalue weighted by atomic mass is 16.3. The molecule has 0 saturated heterocycles. The summed E-state index contributed by atoms with van der Waals surface area (Å²) >= 11 is 0. The lowest BCUT2D eigenvalue weighted by atomic mass is 9.63. The van der Waals surface area contributed by atoms with Gasteiger partial charge in [0.1, 0.15) is 6.04 Å². The number of benzene rings is 1. The normalized spacial score (nSPS) is 22.1. The van der Waals surface area contributed by atoms with Gasteiger partial charge in [-0.05, 0) is 47.3 Å². The third kappa shape index (κ3) is 2.09. The quantitative estimate of drug-likeness (QED) is 0.684. The lowest BCUT2D eigenvalue weighted by Gasteiger charge is -2.42. The van der Waals surface area contributed by atoms with E-state index in [1.807, 2.05) is 6.92 Å². The van der Waals surface area contributed by atoms with E-state index in [2.05, 4.69) is 51.1 Å². The van der Waals surface area contributed by atoms with Gasteiger partial charge in [0, 0.05) is 0 Å². The summed E-state index contributed by atoms with van der Waals surface area (Å²) in [6.45, 7) is 11.1. The molecule has 0 aromatic heterocycles. The molecule has 1 aromatic carbocycles. The molecule has 1 aliphatic rings. The molecule has 2 nitrogen and oxygen atoms in total. The molecule has 0 N–H and O–H groups in total. The van der Waals surface area contributed by atoms with Crippen LogP contribution in [-0.2, 0) is 10.8 Å². The van der Waals surface area contributed by atoms with Crippen LogP contribution in [0.2, 0.25) is 0 Å². The first-order valence-electron chi connectivity index (χ1n) is 6.75. The average Bonchev–Trinajstić information content (AvgIpc) is 2.34. The van der Waals surface area contributed by atoms with Crippen LogP contribution in [0.25, 0.3) is 0 Å². The van der Waals surface area contributed by atoms with Crippen LogP contribution in [0.4, 0.5) is 0 Å². The summed E-state index contributed by atoms with van der Waals surface area (Å²) in [5, 5.41) is 3.14. The van der Waals surface area contributed by atoms with Gasteiger partial charge in [0.25, 0.3) is 0 Å². The second-order valence-corrected chi connectivity index (χ2v) is 6.85. The smallest absolute Gasteiger partial charge is 0.114 e. The highest BCUT2D eigenvalue weighted by Gasteiger charge is 2.37. The van der Waals surface area contributed by atoms with Gasteiger partial charge in [-0.25, -0.2) is 0 Å². The molecule has 0 heterocycles. The summed E-state index contributed by atoms with van der Waals surface area (Å²) in [5.74, 6) is 0. The summed E-state index contributed by atoms with van der Waals surface area (Å²) in [6.07, 6.45) is 2.41. The van der Waals surface area contributed by atoms with E-state index in [9.17, 15) is 4.91 Å². The largest absolute Gasteiger partial charge is 0.150 e. The second kappa shape index (κ2) is 4.18. The number of nitroso groups, excluding NO2 is 1. The maximum absolute atomic E-state index is 10.7. The first-order chi connectivity index (χ1) is 8.28. The Labute approximate surface area is 110 Å². The van der Waals surface area contributed by atoms with E-state index >= 15 is 0 Å². The van der Waals surface area contributed by atoms with E-state index in [4.69, 9.17) is 0 Å². The van der Waals surface area contributed by atoms with Gasteiger partial charge < -0.3 is 0 Å². The molecule has 0 aliphatic heterocycles. The van der Waals surface area contributed by atoms with Crippen molar-refractivity contribution in [3.05, 3.63) is 39.8 Å². The Morgan fingerprint density at radius 3 is 2.17 bits per heavy atom. The summed E-state index contributed by atoms with van der Waals surface area (Å²) < 4.78 is 0. The van der Waals surface area contributed by atoms with E-state index in [1.54, 1.807) is 0 Å². The minimum Gasteiger partial charge on any atom is -0.150 e. The molecule has 2 rings (SSSR count). The predicted molar refractivity (Wildman–Crippen MR) is 75.9 cm³/mol. The Balaban J connectivity index is 2.58. The van der Waals surface area contributed by atoms with Crippen LogP contribution in [0.5, 0.6) is 0 Å². The molecule has 2 heteroatoms. The Kier molecular flexibility index (Phi) is 3.08. The molecule has 1 aromatic rings. The van der Waals surface area contributed by atoms with Crippen LogP contribution in [0.15, 0.2) is 23.4 Å². The fraction of sp³-hybridized carbons (Fsp3) is 0.625. The number of nitrogens with zero attached hydrogens (tertiary/aromatic N) is 1. The van der Waals surface area contributed by atoms with Crippen molar-refractivity contribution >= 4 is 0 Å². The van der Waals surface area contributed by atoms with Crippen LogP contribution < -0.4 is 0 Å². The Morgan fingerprint density at radius 1 is 1.06 bits per heavy atom. The van der Waals surface area contributed by atoms with E-state index in [1.165, 1.54) is 24.0 Å². The number of hydrogen-bond acceptors (Lipinski definition) is 2. The molecule has 0 bridgehead atoms. The van der Waals surface area contributed by atoms with Crippen LogP contribution in [0, 0.1) is 4.91 Å². The van der Waals surface area contributed by atoms with Crippen molar-refractivity contribution in [2.45, 2.75) is 64.3 Å². The van der Waals surface area contributed by atoms with E-state index in [0.717, 1.165) is 5.56 Å². The third-order valence-corrected chi connectivity index (χ3v) is 4.52. The fourth-order valence-corrected chi connectivity index (χ4v) is 2.93. The average molecular weight is 245 g/mol. The number of fused-ring (bicyclic) bond motifs is 1. The van der Waals surface area contributed by atoms with Crippen molar-refractivity contribution in [1.82, 2.24) is 0 Å². The minimum absolute atomic E-state index is 0.198. The zero-order chi connectivity index (χ0) is 13.6. The van der Waals surface area contributed by atoms with Crippen LogP contribution >= 0.6 is 0 Å². The van der Waals surface area contributed by atoms with E-state index in [-0.39, 0.29) is 16.9 Å². The Bertz CT molecular complexity index is 474. The summed E-state index contributed by atoms with van der Waals surface area (Å²) in [6, 6.07) is 6.21. The predicted octanol–water partition coefficient (Wildman–Crippen LogP) is 4.86. The minimum atomic E-state index is -0.254. The van der Waals surface area contributed by atoms with Crippen LogP contribution in [-0.4, -0.2) is 0 Å². The molecule has 0 radical (unpaired) electrons. The van der Waals surface area contributed by atoms with Crippen molar-refractivity contribution in [3.8, 4) is 0 Å². The molecule has 0 amide bonds. The SMILES string of the molecule is CC(N=O)c1ccc2c(c1)C(C)(C)CCC2(C)C. The Morgan fingerprint density at radius 2 is 1.61 bits per heavy atom. The second-order valence-electron chi connectivity index (χ2n) is 6.85. The van der Waals surface area contributed by atoms with Gasteiger partial charge in [0.15, 0.2) is 0 Å². The molecule has 18 heavy (non-hydrogen) atoms. The van der Waals surface area contributed by atoms with Crippen molar-refractivity contribution in [2.24, 2.45) is 5.18 Å². The van der Waals surface area contributed by atoms with Crippen LogP contribution in [0.1, 0.15) is 70.2 Å². The highest BCUT2D eigenvalue weighted by Crippen LogP contribution is 2.46. The molecular formula is C16H23NO. The van der Waals surface area contributed by atoms with E-state index < -0.39 is 0 Å². The molecule has 0 spiro atoms. The number of rotatable bonds is 2. The third-order valence-electron chi connectivity index (χ3n) is 4.52. The molecule has 1 unspecified atom stereocenters. The summed E-state index contributed by atoms with van der Waals surface area (Å²) in [5.41, 5.74) is 4.30. The maximum Gasteiger partial charge on any atom is 0.114 e. The maximum atomic E-state index is 10.7. The number of hydrogen-bond donors (Lipinski definition) is 0. The van der Waals surface area contributed by atoms with Crippen molar-refractivity contribution in [3.63, 3.8) is 0 Å². The molecule has 1 atom stereocenters. The first-order valence-corrected chi connectivity index (χ1v) is 6.75. The lowest BCUT2D eigenvalue weighted by Crippen LogP contribution is -2.33. The Hall–Kier alpha value is -1.18. The first kappa shape index (κ1) is 13.3. The van der Waals surface area contributed by atoms with Gasteiger partial charge in [-0.1, -0.05) is 51.1 Å². The van der Waals surface area contributed by atoms with Crippen molar-refractivity contribution in [1.29, 1.82) is 0 Å². The molecule has 1 aliphatic carbocycles. The lowest BCUT2D eigenvalue weighted by molar-refractivity contribution is 0.331. The fourth-order valence-electron chi connectivity index (χ4n) is 2.93. The zero-order valence-electron chi connectivity index (χ0n) is 12.1. The zero-order valence-corrected chi connectivity index (χ0v) is 12.1. The van der Waals surface area contributed by atoms with Gasteiger partial charge in [0.05, 0.1) is 0 Å². The molecule has 0 fully saturated rings. The van der Waals surface area contributed by atoms with Crippen molar-refractivity contribution in [2.75, 3.05) is 0 Å². The molecule has 0 saturated carbocycles. The van der Waals surface area contributed by atoms with Crippen LogP contribution in [0.3, 0.4) is 0 Å². The van der Waals surface area contributed by atoms with Crippen molar-refractivity contribution < 1.29 is 0 Å². The summed E-state index contributed by atoms with van der Waals surface area (Å²) in [7, 11) is 0. The van der Waals surface area contributed by atoms with Gasteiger partial charge in [-0.3, -0.25) is 0 Å². The molecular weight excluding hydrogens is 222 g/mol. The van der Waals surface area contributed by atoms with Gasteiger partial charge in [0.2, 0.25) is 0 Å². The standard InChI is InChI=1S/C16H23NO/c1-11(17-18)12-6-7-13-14(10-12)16(4,5)9-8-15(13,2)3/h6-7,10-11H,8-9H2,1-5H3. The van der Waals surface area contributed by atoms with Gasteiger partial charge in [-0.15, -0.1) is 0 Å². The molecule has 98 valence electrons. The topological polar surface area (TPSA) is 29.4 Å². The highest BCUT2D eigenvalue weighted by molar-refractivity contribution is 5.44. The summed E-state index contributed by atoms with van der Waals surface area (Å²) in [4.78, 5) is 10.7. The monoisotopic (exact) mass is 245 g/mol. The van der Waals surface area contributed by atoms with Gasteiger partial charge >= 0.3 is 0 Å². The van der Waals surface area contributed by atoms with Gasteiger partial charge in [-0.2, -0.15) is 4.91 Å². The van der Waals surface area contributed by atoms with E-state index in [0.29, 0.717) is 0 Å².